The van der Waals surface area contributed by atoms with Gasteiger partial charge < -0.3 is 20.7 Å². The molecule has 3 amide bonds. The fourth-order valence-corrected chi connectivity index (χ4v) is 2.48. The molecule has 3 N–H and O–H groups in total. The molecule has 8 heteroatoms. The third kappa shape index (κ3) is 8.72. The predicted octanol–water partition coefficient (Wildman–Crippen LogP) is 3.15. The van der Waals surface area contributed by atoms with Crippen molar-refractivity contribution in [1.29, 1.82) is 0 Å². The SMILES string of the molecule is CC(C)(C)OC(=O)NCC(=O)NCc1cccc(NC(=O)Cc2ccc(F)cc2)c1. The molecular weight excluding hydrogens is 389 g/mol. The van der Waals surface area contributed by atoms with Crippen LogP contribution >= 0.6 is 0 Å². The number of anilines is 1. The highest BCUT2D eigenvalue weighted by molar-refractivity contribution is 5.92. The number of amides is 3. The standard InChI is InChI=1S/C22H26FN3O4/c1-22(2,3)30-21(29)25-14-20(28)24-13-16-5-4-6-18(11-16)26-19(27)12-15-7-9-17(23)10-8-15/h4-11H,12-14H2,1-3H3,(H,24,28)(H,25,29)(H,26,27). The van der Waals surface area contributed by atoms with E-state index in [9.17, 15) is 18.8 Å². The first-order valence-corrected chi connectivity index (χ1v) is 9.47. The van der Waals surface area contributed by atoms with E-state index in [4.69, 9.17) is 4.74 Å². The smallest absolute Gasteiger partial charge is 0.408 e. The van der Waals surface area contributed by atoms with E-state index in [2.05, 4.69) is 16.0 Å². The van der Waals surface area contributed by atoms with Crippen molar-refractivity contribution in [3.63, 3.8) is 0 Å². The van der Waals surface area contributed by atoms with Crippen LogP contribution in [-0.2, 0) is 27.3 Å². The molecule has 0 atom stereocenters. The lowest BCUT2D eigenvalue weighted by atomic mass is 10.1. The van der Waals surface area contributed by atoms with Crippen molar-refractivity contribution >= 4 is 23.6 Å². The average molecular weight is 415 g/mol. The number of ether oxygens (including phenoxy) is 1. The summed E-state index contributed by atoms with van der Waals surface area (Å²) in [7, 11) is 0. The van der Waals surface area contributed by atoms with Gasteiger partial charge in [0.15, 0.2) is 0 Å². The van der Waals surface area contributed by atoms with Gasteiger partial charge in [-0.05, 0) is 56.2 Å². The number of hydrogen-bond donors (Lipinski definition) is 3. The van der Waals surface area contributed by atoms with Crippen LogP contribution in [0, 0.1) is 5.82 Å². The maximum absolute atomic E-state index is 12.9. The molecule has 7 nitrogen and oxygen atoms in total. The van der Waals surface area contributed by atoms with Gasteiger partial charge in [0.25, 0.3) is 0 Å². The topological polar surface area (TPSA) is 96.5 Å². The lowest BCUT2D eigenvalue weighted by Gasteiger charge is -2.19. The van der Waals surface area contributed by atoms with E-state index in [0.717, 1.165) is 5.56 Å². The van der Waals surface area contributed by atoms with Gasteiger partial charge in [0.1, 0.15) is 18.0 Å². The Labute approximate surface area is 175 Å². The molecule has 160 valence electrons. The van der Waals surface area contributed by atoms with Gasteiger partial charge in [0.05, 0.1) is 6.42 Å². The number of halogens is 1. The predicted molar refractivity (Wildman–Crippen MR) is 111 cm³/mol. The van der Waals surface area contributed by atoms with Crippen molar-refractivity contribution < 1.29 is 23.5 Å². The second-order valence-electron chi connectivity index (χ2n) is 7.68. The summed E-state index contributed by atoms with van der Waals surface area (Å²) in [4.78, 5) is 35.6. The zero-order valence-electron chi connectivity index (χ0n) is 17.3. The molecule has 0 bridgehead atoms. The van der Waals surface area contributed by atoms with Crippen LogP contribution in [0.25, 0.3) is 0 Å². The summed E-state index contributed by atoms with van der Waals surface area (Å²) in [6.45, 7) is 5.23. The molecule has 0 spiro atoms. The Bertz CT molecular complexity index is 892. The van der Waals surface area contributed by atoms with Gasteiger partial charge >= 0.3 is 6.09 Å². The third-order valence-electron chi connectivity index (χ3n) is 3.77. The number of nitrogens with one attached hydrogen (secondary N) is 3. The van der Waals surface area contributed by atoms with E-state index in [0.29, 0.717) is 11.3 Å². The molecule has 2 rings (SSSR count). The molecule has 0 fully saturated rings. The molecule has 0 saturated heterocycles. The molecule has 0 aliphatic heterocycles. The summed E-state index contributed by atoms with van der Waals surface area (Å²) in [5.74, 6) is -0.953. The Hall–Kier alpha value is -3.42. The van der Waals surface area contributed by atoms with Crippen molar-refractivity contribution in [2.75, 3.05) is 11.9 Å². The number of alkyl carbamates (subject to hydrolysis) is 1. The second kappa shape index (κ2) is 10.4. The second-order valence-corrected chi connectivity index (χ2v) is 7.68. The molecule has 0 heterocycles. The van der Waals surface area contributed by atoms with Crippen molar-refractivity contribution in [2.45, 2.75) is 39.3 Å². The summed E-state index contributed by atoms with van der Waals surface area (Å²) in [5, 5.41) is 7.85. The summed E-state index contributed by atoms with van der Waals surface area (Å²) >= 11 is 0. The molecule has 0 aliphatic carbocycles. The molecule has 30 heavy (non-hydrogen) atoms. The van der Waals surface area contributed by atoms with Crippen molar-refractivity contribution in [3.8, 4) is 0 Å². The van der Waals surface area contributed by atoms with Crippen LogP contribution < -0.4 is 16.0 Å². The molecule has 0 radical (unpaired) electrons. The first-order chi connectivity index (χ1) is 14.1. The van der Waals surface area contributed by atoms with E-state index < -0.39 is 11.7 Å². The number of rotatable bonds is 7. The minimum atomic E-state index is -0.663. The monoisotopic (exact) mass is 415 g/mol. The van der Waals surface area contributed by atoms with Gasteiger partial charge in [-0.25, -0.2) is 9.18 Å². The van der Waals surface area contributed by atoms with Crippen LogP contribution in [-0.4, -0.2) is 30.1 Å². The van der Waals surface area contributed by atoms with Gasteiger partial charge in [-0.2, -0.15) is 0 Å². The molecular formula is C22H26FN3O4. The Morgan fingerprint density at radius 3 is 2.30 bits per heavy atom. The third-order valence-corrected chi connectivity index (χ3v) is 3.77. The normalized spacial score (nSPS) is 10.8. The summed E-state index contributed by atoms with van der Waals surface area (Å²) in [5.41, 5.74) is 1.43. The fourth-order valence-electron chi connectivity index (χ4n) is 2.48. The molecule has 2 aromatic carbocycles. The molecule has 0 unspecified atom stereocenters. The zero-order valence-corrected chi connectivity index (χ0v) is 17.3. The zero-order chi connectivity index (χ0) is 22.1. The minimum Gasteiger partial charge on any atom is -0.444 e. The van der Waals surface area contributed by atoms with Crippen LogP contribution in [0.4, 0.5) is 14.9 Å². The Balaban J connectivity index is 1.79. The highest BCUT2D eigenvalue weighted by atomic mass is 19.1. The largest absolute Gasteiger partial charge is 0.444 e. The lowest BCUT2D eigenvalue weighted by molar-refractivity contribution is -0.120. The first-order valence-electron chi connectivity index (χ1n) is 9.47. The van der Waals surface area contributed by atoms with Crippen LogP contribution in [0.5, 0.6) is 0 Å². The van der Waals surface area contributed by atoms with Gasteiger partial charge in [-0.1, -0.05) is 24.3 Å². The molecule has 0 aromatic heterocycles. The number of hydrogen-bond acceptors (Lipinski definition) is 4. The van der Waals surface area contributed by atoms with Gasteiger partial charge in [-0.15, -0.1) is 0 Å². The average Bonchev–Trinajstić information content (AvgIpc) is 2.65. The molecule has 0 saturated carbocycles. The number of benzene rings is 2. The Kier molecular flexibility index (Phi) is 7.91. The van der Waals surface area contributed by atoms with E-state index in [1.54, 1.807) is 57.2 Å². The Morgan fingerprint density at radius 2 is 1.63 bits per heavy atom. The quantitative estimate of drug-likeness (QED) is 0.647. The number of carbonyl (C=O) groups excluding carboxylic acids is 3. The fraction of sp³-hybridized carbons (Fsp3) is 0.318. The van der Waals surface area contributed by atoms with Crippen molar-refractivity contribution in [3.05, 3.63) is 65.5 Å². The highest BCUT2D eigenvalue weighted by Crippen LogP contribution is 2.12. The van der Waals surface area contributed by atoms with E-state index in [1.165, 1.54) is 12.1 Å². The van der Waals surface area contributed by atoms with Gasteiger partial charge in [-0.3, -0.25) is 9.59 Å². The van der Waals surface area contributed by atoms with E-state index >= 15 is 0 Å². The molecule has 2 aromatic rings. The van der Waals surface area contributed by atoms with Gasteiger partial charge in [0.2, 0.25) is 11.8 Å². The summed E-state index contributed by atoms with van der Waals surface area (Å²) in [6.07, 6.45) is -0.541. The van der Waals surface area contributed by atoms with E-state index in [-0.39, 0.29) is 37.1 Å². The maximum Gasteiger partial charge on any atom is 0.408 e. The number of carbonyl (C=O) groups is 3. The molecule has 0 aliphatic rings. The lowest BCUT2D eigenvalue weighted by Crippen LogP contribution is -2.39. The summed E-state index contributed by atoms with van der Waals surface area (Å²) < 4.78 is 18.0. The maximum atomic E-state index is 12.9. The highest BCUT2D eigenvalue weighted by Gasteiger charge is 2.16. The minimum absolute atomic E-state index is 0.123. The van der Waals surface area contributed by atoms with Crippen LogP contribution in [0.15, 0.2) is 48.5 Å². The van der Waals surface area contributed by atoms with Crippen LogP contribution in [0.1, 0.15) is 31.9 Å². The first kappa shape index (κ1) is 22.9. The van der Waals surface area contributed by atoms with Crippen LogP contribution in [0.2, 0.25) is 0 Å². The van der Waals surface area contributed by atoms with Crippen LogP contribution in [0.3, 0.4) is 0 Å². The Morgan fingerprint density at radius 1 is 0.933 bits per heavy atom. The van der Waals surface area contributed by atoms with Crippen molar-refractivity contribution in [1.82, 2.24) is 10.6 Å². The van der Waals surface area contributed by atoms with E-state index in [1.807, 2.05) is 0 Å². The van der Waals surface area contributed by atoms with Gasteiger partial charge in [0, 0.05) is 12.2 Å². The summed E-state index contributed by atoms with van der Waals surface area (Å²) in [6, 6.07) is 12.8. The van der Waals surface area contributed by atoms with Crippen molar-refractivity contribution in [2.24, 2.45) is 0 Å².